The van der Waals surface area contributed by atoms with Crippen molar-refractivity contribution in [2.24, 2.45) is 0 Å². The van der Waals surface area contributed by atoms with Crippen LogP contribution in [0.25, 0.3) is 105 Å². The molecule has 0 amide bonds. The van der Waals surface area contributed by atoms with E-state index in [9.17, 15) is 0 Å². The predicted molar refractivity (Wildman–Crippen MR) is 236 cm³/mol. The van der Waals surface area contributed by atoms with Gasteiger partial charge in [0.15, 0.2) is 17.5 Å². The van der Waals surface area contributed by atoms with Crippen molar-refractivity contribution in [2.75, 3.05) is 0 Å². The van der Waals surface area contributed by atoms with Gasteiger partial charge in [-0.25, -0.2) is 15.0 Å². The van der Waals surface area contributed by atoms with Crippen molar-refractivity contribution in [3.8, 4) is 62.1 Å². The summed E-state index contributed by atoms with van der Waals surface area (Å²) in [6.45, 7) is 0. The van der Waals surface area contributed by atoms with Gasteiger partial charge in [0.1, 0.15) is 0 Å². The normalized spacial score (nSPS) is 11.5. The first-order valence-electron chi connectivity index (χ1n) is 19.3. The maximum atomic E-state index is 5.27. The molecular formula is C53H34N4. The average molecular weight is 727 g/mol. The molecule has 0 bridgehead atoms. The van der Waals surface area contributed by atoms with E-state index in [1.165, 1.54) is 32.9 Å². The van der Waals surface area contributed by atoms with Gasteiger partial charge in [-0.2, -0.15) is 0 Å². The van der Waals surface area contributed by atoms with E-state index in [2.05, 4.69) is 193 Å². The highest BCUT2D eigenvalue weighted by atomic mass is 15.0. The molecule has 0 aliphatic carbocycles. The first-order chi connectivity index (χ1) is 28.3. The maximum Gasteiger partial charge on any atom is 0.164 e. The minimum absolute atomic E-state index is 0.638. The zero-order chi connectivity index (χ0) is 37.7. The van der Waals surface area contributed by atoms with Crippen LogP contribution < -0.4 is 0 Å². The van der Waals surface area contributed by atoms with Crippen LogP contribution in [0.1, 0.15) is 0 Å². The third kappa shape index (κ3) is 5.58. The van der Waals surface area contributed by atoms with Crippen molar-refractivity contribution in [2.45, 2.75) is 0 Å². The van der Waals surface area contributed by atoms with Gasteiger partial charge in [-0.1, -0.05) is 170 Å². The number of benzene rings is 9. The van der Waals surface area contributed by atoms with E-state index in [1.807, 2.05) is 18.2 Å². The van der Waals surface area contributed by atoms with E-state index in [4.69, 9.17) is 15.0 Å². The lowest BCUT2D eigenvalue weighted by molar-refractivity contribution is 1.08. The zero-order valence-corrected chi connectivity index (χ0v) is 30.9. The van der Waals surface area contributed by atoms with Crippen LogP contribution in [-0.4, -0.2) is 19.5 Å². The average Bonchev–Trinajstić information content (AvgIpc) is 3.63. The number of fused-ring (bicyclic) bond motifs is 5. The van der Waals surface area contributed by atoms with E-state index < -0.39 is 0 Å². The van der Waals surface area contributed by atoms with Crippen molar-refractivity contribution in [3.63, 3.8) is 0 Å². The molecule has 11 rings (SSSR count). The molecule has 57 heavy (non-hydrogen) atoms. The highest BCUT2D eigenvalue weighted by molar-refractivity contribution is 6.10. The van der Waals surface area contributed by atoms with Gasteiger partial charge >= 0.3 is 0 Å². The monoisotopic (exact) mass is 726 g/mol. The van der Waals surface area contributed by atoms with Crippen LogP contribution in [0, 0.1) is 0 Å². The number of para-hydroxylation sites is 2. The summed E-state index contributed by atoms with van der Waals surface area (Å²) in [5.74, 6) is 1.92. The van der Waals surface area contributed by atoms with Crippen molar-refractivity contribution >= 4 is 43.4 Å². The van der Waals surface area contributed by atoms with Crippen LogP contribution in [0.4, 0.5) is 0 Å². The second-order valence-corrected chi connectivity index (χ2v) is 14.4. The summed E-state index contributed by atoms with van der Waals surface area (Å²) >= 11 is 0. The molecule has 0 saturated heterocycles. The fourth-order valence-electron chi connectivity index (χ4n) is 8.43. The summed E-state index contributed by atoms with van der Waals surface area (Å²) in [6.07, 6.45) is 0. The van der Waals surface area contributed by atoms with Gasteiger partial charge in [-0.05, 0) is 80.2 Å². The van der Waals surface area contributed by atoms with Gasteiger partial charge in [0, 0.05) is 33.2 Å². The van der Waals surface area contributed by atoms with Crippen LogP contribution in [0.15, 0.2) is 206 Å². The Hall–Kier alpha value is -7.69. The molecule has 266 valence electrons. The molecule has 0 aliphatic heterocycles. The molecule has 0 radical (unpaired) electrons. The lowest BCUT2D eigenvalue weighted by Crippen LogP contribution is -2.01. The topological polar surface area (TPSA) is 43.6 Å². The minimum Gasteiger partial charge on any atom is -0.309 e. The fraction of sp³-hybridized carbons (Fsp3) is 0. The van der Waals surface area contributed by atoms with Gasteiger partial charge in [0.25, 0.3) is 0 Å². The van der Waals surface area contributed by atoms with Crippen molar-refractivity contribution in [3.05, 3.63) is 206 Å². The van der Waals surface area contributed by atoms with E-state index in [-0.39, 0.29) is 0 Å². The SMILES string of the molecule is c1ccc(-c2nc(-c3ccc(-c4ccccc4)c4ccccc34)nc(-c3ccc(-c4ccc(-n5c6ccccc6c6ccccc65)cc4)c4ccccc34)n2)cc1. The maximum absolute atomic E-state index is 5.27. The fourth-order valence-corrected chi connectivity index (χ4v) is 8.43. The Morgan fingerprint density at radius 1 is 0.246 bits per heavy atom. The number of rotatable bonds is 6. The Labute approximate surface area is 330 Å². The molecule has 2 heterocycles. The Bertz CT molecular complexity index is 3220. The highest BCUT2D eigenvalue weighted by Gasteiger charge is 2.19. The summed E-state index contributed by atoms with van der Waals surface area (Å²) < 4.78 is 2.36. The molecule has 0 aliphatic rings. The summed E-state index contributed by atoms with van der Waals surface area (Å²) in [5, 5.41) is 6.99. The molecule has 0 fully saturated rings. The Morgan fingerprint density at radius 3 is 1.09 bits per heavy atom. The third-order valence-electron chi connectivity index (χ3n) is 11.1. The standard InChI is InChI=1S/C53H34N4/c1-3-15-35(16-4-1)39-31-33-47(43-21-9-7-19-41(39)43)52-54-51(37-17-5-2-6-18-37)55-53(56-52)48-34-32-40(42-20-8-10-22-44(42)48)36-27-29-38(30-28-36)57-49-25-13-11-23-45(49)46-24-12-14-26-50(46)57/h1-34H. The first kappa shape index (κ1) is 32.7. The smallest absolute Gasteiger partial charge is 0.164 e. The molecule has 9 aromatic carbocycles. The molecule has 11 aromatic rings. The lowest BCUT2D eigenvalue weighted by atomic mass is 9.94. The molecule has 0 N–H and O–H groups in total. The van der Waals surface area contributed by atoms with Gasteiger partial charge in [-0.15, -0.1) is 0 Å². The summed E-state index contributed by atoms with van der Waals surface area (Å²) in [4.78, 5) is 15.6. The lowest BCUT2D eigenvalue weighted by Gasteiger charge is -2.15. The number of hydrogen-bond donors (Lipinski definition) is 0. The Balaban J connectivity index is 1.05. The van der Waals surface area contributed by atoms with Crippen molar-refractivity contribution < 1.29 is 0 Å². The van der Waals surface area contributed by atoms with E-state index in [0.29, 0.717) is 17.5 Å². The first-order valence-corrected chi connectivity index (χ1v) is 19.3. The van der Waals surface area contributed by atoms with E-state index in [1.54, 1.807) is 0 Å². The Kier molecular flexibility index (Phi) is 7.78. The molecule has 0 spiro atoms. The van der Waals surface area contributed by atoms with E-state index in [0.717, 1.165) is 55.0 Å². The van der Waals surface area contributed by atoms with Crippen LogP contribution in [0.2, 0.25) is 0 Å². The largest absolute Gasteiger partial charge is 0.309 e. The molecule has 0 atom stereocenters. The zero-order valence-electron chi connectivity index (χ0n) is 30.9. The summed E-state index contributed by atoms with van der Waals surface area (Å²) in [5.41, 5.74) is 11.1. The molecule has 2 aromatic heterocycles. The molecular weight excluding hydrogens is 693 g/mol. The van der Waals surface area contributed by atoms with Crippen LogP contribution >= 0.6 is 0 Å². The quantitative estimate of drug-likeness (QED) is 0.171. The summed E-state index contributed by atoms with van der Waals surface area (Å²) in [6, 6.07) is 72.8. The van der Waals surface area contributed by atoms with Gasteiger partial charge in [0.05, 0.1) is 11.0 Å². The van der Waals surface area contributed by atoms with Crippen LogP contribution in [0.3, 0.4) is 0 Å². The van der Waals surface area contributed by atoms with Gasteiger partial charge < -0.3 is 4.57 Å². The molecule has 0 saturated carbocycles. The number of aromatic nitrogens is 4. The molecule has 4 heteroatoms. The molecule has 0 unspecified atom stereocenters. The summed E-state index contributed by atoms with van der Waals surface area (Å²) in [7, 11) is 0. The van der Waals surface area contributed by atoms with Gasteiger partial charge in [-0.3, -0.25) is 0 Å². The second kappa shape index (κ2) is 13.6. The van der Waals surface area contributed by atoms with Crippen molar-refractivity contribution in [1.82, 2.24) is 19.5 Å². The second-order valence-electron chi connectivity index (χ2n) is 14.4. The Morgan fingerprint density at radius 2 is 0.596 bits per heavy atom. The highest BCUT2D eigenvalue weighted by Crippen LogP contribution is 2.39. The van der Waals surface area contributed by atoms with Crippen LogP contribution in [-0.2, 0) is 0 Å². The predicted octanol–water partition coefficient (Wildman–Crippen LogP) is 13.6. The van der Waals surface area contributed by atoms with Crippen LogP contribution in [0.5, 0.6) is 0 Å². The van der Waals surface area contributed by atoms with E-state index >= 15 is 0 Å². The number of nitrogens with zero attached hydrogens (tertiary/aromatic N) is 4. The van der Waals surface area contributed by atoms with Gasteiger partial charge in [0.2, 0.25) is 0 Å². The molecule has 4 nitrogen and oxygen atoms in total. The third-order valence-corrected chi connectivity index (χ3v) is 11.1. The van der Waals surface area contributed by atoms with Crippen molar-refractivity contribution in [1.29, 1.82) is 0 Å². The minimum atomic E-state index is 0.638. The number of hydrogen-bond acceptors (Lipinski definition) is 3.